The summed E-state index contributed by atoms with van der Waals surface area (Å²) in [6, 6.07) is 11.1. The van der Waals surface area contributed by atoms with Gasteiger partial charge in [-0.05, 0) is 67.5 Å². The summed E-state index contributed by atoms with van der Waals surface area (Å²) in [5, 5.41) is 0. The molecule has 1 aliphatic rings. The summed E-state index contributed by atoms with van der Waals surface area (Å²) >= 11 is 0. The number of aromatic nitrogens is 1. The normalized spacial score (nSPS) is 17.3. The first-order valence-electron chi connectivity index (χ1n) is 15.6. The second-order valence-corrected chi connectivity index (χ2v) is 11.3. The predicted molar refractivity (Wildman–Crippen MR) is 157 cm³/mol. The van der Waals surface area contributed by atoms with Gasteiger partial charge in [0.15, 0.2) is 0 Å². The zero-order chi connectivity index (χ0) is 26.8. The third-order valence-corrected chi connectivity index (χ3v) is 8.11. The topological polar surface area (TPSA) is 48.4 Å². The van der Waals surface area contributed by atoms with Crippen LogP contribution in [0.1, 0.15) is 133 Å². The number of esters is 1. The minimum Gasteiger partial charge on any atom is -0.494 e. The quantitative estimate of drug-likeness (QED) is 0.145. The zero-order valence-corrected chi connectivity index (χ0v) is 24.1. The average Bonchev–Trinajstić information content (AvgIpc) is 2.95. The van der Waals surface area contributed by atoms with E-state index < -0.39 is 0 Å². The van der Waals surface area contributed by atoms with Gasteiger partial charge in [0.1, 0.15) is 11.5 Å². The first kappa shape index (κ1) is 30.2. The Kier molecular flexibility index (Phi) is 14.3. The highest BCUT2D eigenvalue weighted by Gasteiger charge is 2.21. The monoisotopic (exact) mass is 521 g/mol. The largest absolute Gasteiger partial charge is 0.494 e. The molecule has 38 heavy (non-hydrogen) atoms. The summed E-state index contributed by atoms with van der Waals surface area (Å²) in [6.07, 6.45) is 23.9. The van der Waals surface area contributed by atoms with Crippen LogP contribution in [-0.4, -0.2) is 17.6 Å². The van der Waals surface area contributed by atoms with Crippen molar-refractivity contribution in [1.29, 1.82) is 0 Å². The van der Waals surface area contributed by atoms with E-state index in [2.05, 4.69) is 18.8 Å². The lowest BCUT2D eigenvalue weighted by atomic mass is 9.78. The maximum atomic E-state index is 12.6. The molecule has 0 bridgehead atoms. The maximum Gasteiger partial charge on any atom is 0.343 e. The Morgan fingerprint density at radius 1 is 0.737 bits per heavy atom. The summed E-state index contributed by atoms with van der Waals surface area (Å²) in [6.45, 7) is 5.24. The van der Waals surface area contributed by atoms with E-state index in [9.17, 15) is 4.79 Å². The van der Waals surface area contributed by atoms with Crippen LogP contribution < -0.4 is 9.47 Å². The third-order valence-electron chi connectivity index (χ3n) is 8.11. The van der Waals surface area contributed by atoms with Gasteiger partial charge in [0, 0.05) is 5.69 Å². The Morgan fingerprint density at radius 3 is 2.00 bits per heavy atom. The lowest BCUT2D eigenvalue weighted by Gasteiger charge is -2.28. The fraction of sp³-hybridized carbons (Fsp3) is 0.647. The molecule has 1 fully saturated rings. The van der Waals surface area contributed by atoms with Crippen LogP contribution in [0, 0.1) is 11.8 Å². The first-order chi connectivity index (χ1) is 18.7. The molecular formula is C34H51NO3. The van der Waals surface area contributed by atoms with Crippen molar-refractivity contribution in [3.63, 3.8) is 0 Å². The summed E-state index contributed by atoms with van der Waals surface area (Å²) in [5.41, 5.74) is 1.60. The molecule has 1 saturated carbocycles. The van der Waals surface area contributed by atoms with Crippen LogP contribution in [0.15, 0.2) is 42.6 Å². The summed E-state index contributed by atoms with van der Waals surface area (Å²) < 4.78 is 11.4. The lowest BCUT2D eigenvalue weighted by molar-refractivity contribution is 0.0734. The number of carbonyl (C=O) groups is 1. The molecule has 4 heteroatoms. The lowest BCUT2D eigenvalue weighted by Crippen LogP contribution is -2.15. The molecule has 2 aromatic rings. The number of ether oxygens (including phenoxy) is 2. The van der Waals surface area contributed by atoms with Crippen molar-refractivity contribution in [2.75, 3.05) is 6.61 Å². The van der Waals surface area contributed by atoms with E-state index in [1.165, 1.54) is 96.3 Å². The standard InChI is InChI=1S/C34H51NO3/c1-3-5-7-9-10-12-26-37-32-23-19-30(20-24-32)34(36)38-33-25-22-31(35-27-33)21-18-29-16-14-28(15-17-29)13-11-8-6-4-2/h19-20,22-25,27-29H,3-18,21,26H2,1-2H3/t28-,29-. The molecule has 3 rings (SSSR count). The number of benzene rings is 1. The van der Waals surface area contributed by atoms with E-state index in [1.54, 1.807) is 18.3 Å². The highest BCUT2D eigenvalue weighted by atomic mass is 16.5. The number of nitrogens with zero attached hydrogens (tertiary/aromatic N) is 1. The molecular weight excluding hydrogens is 470 g/mol. The Morgan fingerprint density at radius 2 is 1.34 bits per heavy atom. The van der Waals surface area contributed by atoms with Crippen LogP contribution in [-0.2, 0) is 6.42 Å². The molecule has 0 amide bonds. The van der Waals surface area contributed by atoms with Crippen LogP contribution in [0.25, 0.3) is 0 Å². The second-order valence-electron chi connectivity index (χ2n) is 11.3. The molecule has 1 aliphatic carbocycles. The smallest absolute Gasteiger partial charge is 0.343 e. The van der Waals surface area contributed by atoms with E-state index in [4.69, 9.17) is 9.47 Å². The molecule has 4 nitrogen and oxygen atoms in total. The molecule has 0 N–H and O–H groups in total. The fourth-order valence-electron chi connectivity index (χ4n) is 5.57. The molecule has 0 atom stereocenters. The molecule has 210 valence electrons. The molecule has 0 radical (unpaired) electrons. The zero-order valence-electron chi connectivity index (χ0n) is 24.1. The summed E-state index contributed by atoms with van der Waals surface area (Å²) in [4.78, 5) is 17.1. The van der Waals surface area contributed by atoms with Crippen LogP contribution in [0.4, 0.5) is 0 Å². The minimum absolute atomic E-state index is 0.367. The van der Waals surface area contributed by atoms with Gasteiger partial charge in [-0.1, -0.05) is 104 Å². The second kappa shape index (κ2) is 18.0. The highest BCUT2D eigenvalue weighted by molar-refractivity contribution is 5.91. The van der Waals surface area contributed by atoms with Crippen molar-refractivity contribution < 1.29 is 14.3 Å². The van der Waals surface area contributed by atoms with Crippen molar-refractivity contribution in [3.05, 3.63) is 53.9 Å². The van der Waals surface area contributed by atoms with E-state index in [0.29, 0.717) is 17.9 Å². The Balaban J connectivity index is 1.31. The van der Waals surface area contributed by atoms with E-state index in [-0.39, 0.29) is 5.97 Å². The van der Waals surface area contributed by atoms with Gasteiger partial charge < -0.3 is 9.47 Å². The molecule has 1 aromatic carbocycles. The van der Waals surface area contributed by atoms with Gasteiger partial charge in [-0.2, -0.15) is 0 Å². The van der Waals surface area contributed by atoms with Crippen LogP contribution in [0.2, 0.25) is 0 Å². The van der Waals surface area contributed by atoms with Crippen LogP contribution in [0.5, 0.6) is 11.5 Å². The molecule has 0 spiro atoms. The van der Waals surface area contributed by atoms with Gasteiger partial charge >= 0.3 is 5.97 Å². The number of hydrogen-bond donors (Lipinski definition) is 0. The number of rotatable bonds is 18. The third kappa shape index (κ3) is 11.6. The molecule has 1 aromatic heterocycles. The van der Waals surface area contributed by atoms with E-state index >= 15 is 0 Å². The van der Waals surface area contributed by atoms with Gasteiger partial charge in [0.2, 0.25) is 0 Å². The van der Waals surface area contributed by atoms with E-state index in [0.717, 1.165) is 36.1 Å². The number of carbonyl (C=O) groups excluding carboxylic acids is 1. The summed E-state index contributed by atoms with van der Waals surface area (Å²) in [7, 11) is 0. The number of aryl methyl sites for hydroxylation is 1. The highest BCUT2D eigenvalue weighted by Crippen LogP contribution is 2.34. The van der Waals surface area contributed by atoms with Crippen molar-refractivity contribution in [1.82, 2.24) is 4.98 Å². The van der Waals surface area contributed by atoms with Crippen molar-refractivity contribution in [2.45, 2.75) is 123 Å². The minimum atomic E-state index is -0.367. The van der Waals surface area contributed by atoms with Gasteiger partial charge in [-0.25, -0.2) is 4.79 Å². The van der Waals surface area contributed by atoms with Crippen molar-refractivity contribution in [3.8, 4) is 11.5 Å². The SMILES string of the molecule is CCCCCCCCOc1ccc(C(=O)Oc2ccc(CC[C@H]3CC[C@H](CCCCCC)CC3)nc2)cc1. The summed E-state index contributed by atoms with van der Waals surface area (Å²) in [5.74, 6) is 2.71. The van der Waals surface area contributed by atoms with Crippen LogP contribution >= 0.6 is 0 Å². The van der Waals surface area contributed by atoms with Gasteiger partial charge in [0.25, 0.3) is 0 Å². The fourth-order valence-corrected chi connectivity index (χ4v) is 5.57. The number of unbranched alkanes of at least 4 members (excludes halogenated alkanes) is 8. The Labute approximate surface area is 231 Å². The van der Waals surface area contributed by atoms with Gasteiger partial charge in [-0.3, -0.25) is 4.98 Å². The van der Waals surface area contributed by atoms with E-state index in [1.807, 2.05) is 24.3 Å². The molecule has 1 heterocycles. The maximum absolute atomic E-state index is 12.6. The van der Waals surface area contributed by atoms with Crippen molar-refractivity contribution in [2.24, 2.45) is 11.8 Å². The van der Waals surface area contributed by atoms with Crippen LogP contribution in [0.3, 0.4) is 0 Å². The van der Waals surface area contributed by atoms with Crippen molar-refractivity contribution >= 4 is 5.97 Å². The van der Waals surface area contributed by atoms with Gasteiger partial charge in [0.05, 0.1) is 18.4 Å². The number of hydrogen-bond acceptors (Lipinski definition) is 4. The molecule has 0 aliphatic heterocycles. The molecule has 0 saturated heterocycles. The van der Waals surface area contributed by atoms with Gasteiger partial charge in [-0.15, -0.1) is 0 Å². The average molecular weight is 522 g/mol. The number of pyridine rings is 1. The Hall–Kier alpha value is -2.36. The first-order valence-corrected chi connectivity index (χ1v) is 15.6. The predicted octanol–water partition coefficient (Wildman–Crippen LogP) is 9.75. The Bertz CT molecular complexity index is 885. The molecule has 0 unspecified atom stereocenters.